The van der Waals surface area contributed by atoms with Gasteiger partial charge in [-0.05, 0) is 25.1 Å². The highest BCUT2D eigenvalue weighted by Crippen LogP contribution is 2.20. The van der Waals surface area contributed by atoms with E-state index in [-0.39, 0.29) is 29.6 Å². The van der Waals surface area contributed by atoms with Gasteiger partial charge >= 0.3 is 6.01 Å². The smallest absolute Gasteiger partial charge is 0.317 e. The van der Waals surface area contributed by atoms with Crippen LogP contribution in [-0.2, 0) is 11.3 Å². The molecule has 0 aliphatic heterocycles. The van der Waals surface area contributed by atoms with Crippen molar-refractivity contribution in [1.82, 2.24) is 9.97 Å². The molecule has 1 aromatic heterocycles. The van der Waals surface area contributed by atoms with Crippen LogP contribution in [0, 0.1) is 24.1 Å². The van der Waals surface area contributed by atoms with Gasteiger partial charge in [0, 0.05) is 25.1 Å². The minimum atomic E-state index is -0.711. The zero-order valence-electron chi connectivity index (χ0n) is 13.7. The van der Waals surface area contributed by atoms with Gasteiger partial charge in [0.2, 0.25) is 0 Å². The Morgan fingerprint density at radius 1 is 1.36 bits per heavy atom. The van der Waals surface area contributed by atoms with E-state index in [4.69, 9.17) is 15.0 Å². The second-order valence-electron chi connectivity index (χ2n) is 4.98. The van der Waals surface area contributed by atoms with Crippen molar-refractivity contribution in [2.45, 2.75) is 13.5 Å². The van der Waals surface area contributed by atoms with Crippen LogP contribution in [-0.4, -0.2) is 23.7 Å². The lowest BCUT2D eigenvalue weighted by molar-refractivity contribution is 0.180. The number of halogens is 2. The Balaban J connectivity index is 2.02. The molecule has 9 heteroatoms. The van der Waals surface area contributed by atoms with E-state index in [1.807, 2.05) is 0 Å². The summed E-state index contributed by atoms with van der Waals surface area (Å²) in [5, 5.41) is 5.94. The van der Waals surface area contributed by atoms with Crippen LogP contribution in [0.15, 0.2) is 41.4 Å². The lowest BCUT2D eigenvalue weighted by Gasteiger charge is -2.08. The lowest BCUT2D eigenvalue weighted by atomic mass is 10.2. The normalized spacial score (nSPS) is 11.3. The Kier molecular flexibility index (Phi) is 6.47. The topological polar surface area (TPSA) is 92.5 Å². The molecule has 0 aliphatic rings. The fraction of sp³-hybridized carbons (Fsp3) is 0.250. The third-order valence-corrected chi connectivity index (χ3v) is 3.19. The number of aromatic nitrogens is 2. The van der Waals surface area contributed by atoms with Crippen molar-refractivity contribution in [1.29, 1.82) is 5.53 Å². The molecule has 0 atom stereocenters. The standard InChI is InChI=1S/C16H17F2N5O2/c1-10-13(17)3-4-14(15(10)18)21-7-12(23-19)9-25-16-20-6-5-11(22-16)8-24-2/h3-7,19,21H,8-9H2,1-2H3/b12-7-,23-19?. The molecule has 7 nitrogen and oxygen atoms in total. The van der Waals surface area contributed by atoms with Gasteiger partial charge in [-0.15, -0.1) is 0 Å². The van der Waals surface area contributed by atoms with Crippen LogP contribution >= 0.6 is 0 Å². The predicted molar refractivity (Wildman–Crippen MR) is 86.2 cm³/mol. The molecule has 2 aromatic rings. The van der Waals surface area contributed by atoms with Gasteiger partial charge in [-0.25, -0.2) is 19.3 Å². The fourth-order valence-electron chi connectivity index (χ4n) is 1.85. The first-order chi connectivity index (χ1) is 12.0. The van der Waals surface area contributed by atoms with Crippen LogP contribution in [0.25, 0.3) is 0 Å². The zero-order chi connectivity index (χ0) is 18.2. The maximum atomic E-state index is 13.9. The van der Waals surface area contributed by atoms with Crippen molar-refractivity contribution in [3.05, 3.63) is 59.2 Å². The molecule has 0 saturated heterocycles. The SMILES string of the molecule is COCc1ccnc(OC/C(=C/Nc2ccc(F)c(C)c2F)N=N)n1. The van der Waals surface area contributed by atoms with Crippen molar-refractivity contribution in [2.75, 3.05) is 19.0 Å². The average Bonchev–Trinajstić information content (AvgIpc) is 2.62. The van der Waals surface area contributed by atoms with E-state index in [9.17, 15) is 8.78 Å². The third kappa shape index (κ3) is 5.01. The van der Waals surface area contributed by atoms with E-state index >= 15 is 0 Å². The first-order valence-corrected chi connectivity index (χ1v) is 7.26. The largest absolute Gasteiger partial charge is 0.457 e. The first-order valence-electron chi connectivity index (χ1n) is 7.26. The van der Waals surface area contributed by atoms with Gasteiger partial charge in [0.25, 0.3) is 0 Å². The predicted octanol–water partition coefficient (Wildman–Crippen LogP) is 3.57. The number of ether oxygens (including phenoxy) is 2. The highest BCUT2D eigenvalue weighted by molar-refractivity contribution is 5.50. The van der Waals surface area contributed by atoms with Gasteiger partial charge in [-0.3, -0.25) is 0 Å². The molecule has 25 heavy (non-hydrogen) atoms. The van der Waals surface area contributed by atoms with E-state index in [0.29, 0.717) is 12.3 Å². The molecule has 2 rings (SSSR count). The molecule has 0 bridgehead atoms. The van der Waals surface area contributed by atoms with Gasteiger partial charge < -0.3 is 14.8 Å². The van der Waals surface area contributed by atoms with Crippen molar-refractivity contribution in [3.63, 3.8) is 0 Å². The minimum Gasteiger partial charge on any atom is -0.457 e. The summed E-state index contributed by atoms with van der Waals surface area (Å²) in [6.45, 7) is 1.55. The number of nitrogens with zero attached hydrogens (tertiary/aromatic N) is 3. The van der Waals surface area contributed by atoms with Gasteiger partial charge in [-0.1, -0.05) is 0 Å². The van der Waals surface area contributed by atoms with Crippen LogP contribution in [0.4, 0.5) is 14.5 Å². The van der Waals surface area contributed by atoms with E-state index in [2.05, 4.69) is 20.4 Å². The Morgan fingerprint density at radius 2 is 2.16 bits per heavy atom. The maximum absolute atomic E-state index is 13.9. The number of anilines is 1. The first kappa shape index (κ1) is 18.4. The zero-order valence-corrected chi connectivity index (χ0v) is 13.7. The molecule has 0 fully saturated rings. The van der Waals surface area contributed by atoms with Crippen molar-refractivity contribution in [2.24, 2.45) is 5.11 Å². The summed E-state index contributed by atoms with van der Waals surface area (Å²) >= 11 is 0. The Labute approximate surface area is 143 Å². The summed E-state index contributed by atoms with van der Waals surface area (Å²) in [6.07, 6.45) is 2.81. The molecule has 2 N–H and O–H groups in total. The van der Waals surface area contributed by atoms with Crippen LogP contribution in [0.1, 0.15) is 11.3 Å². The van der Waals surface area contributed by atoms with Gasteiger partial charge in [0.1, 0.15) is 18.1 Å². The fourth-order valence-corrected chi connectivity index (χ4v) is 1.85. The summed E-state index contributed by atoms with van der Waals surface area (Å²) < 4.78 is 37.5. The van der Waals surface area contributed by atoms with Gasteiger partial charge in [0.15, 0.2) is 5.82 Å². The van der Waals surface area contributed by atoms with Gasteiger partial charge in [-0.2, -0.15) is 10.1 Å². The van der Waals surface area contributed by atoms with Crippen molar-refractivity contribution >= 4 is 5.69 Å². The Hall–Kier alpha value is -2.94. The number of hydrogen-bond acceptors (Lipinski definition) is 7. The summed E-state index contributed by atoms with van der Waals surface area (Å²) in [7, 11) is 1.55. The van der Waals surface area contributed by atoms with E-state index in [1.165, 1.54) is 25.4 Å². The monoisotopic (exact) mass is 349 g/mol. The Bertz CT molecular complexity index is 783. The van der Waals surface area contributed by atoms with Crippen molar-refractivity contribution < 1.29 is 18.3 Å². The molecule has 0 aliphatic carbocycles. The molecule has 1 aromatic carbocycles. The van der Waals surface area contributed by atoms with Crippen LogP contribution < -0.4 is 10.1 Å². The summed E-state index contributed by atoms with van der Waals surface area (Å²) in [5.41, 5.74) is 7.94. The second kappa shape index (κ2) is 8.78. The quantitative estimate of drug-likeness (QED) is 0.711. The van der Waals surface area contributed by atoms with Crippen LogP contribution in [0.5, 0.6) is 6.01 Å². The average molecular weight is 349 g/mol. The molecule has 0 radical (unpaired) electrons. The van der Waals surface area contributed by atoms with Crippen LogP contribution in [0.3, 0.4) is 0 Å². The molecule has 132 valence electrons. The number of hydrogen-bond donors (Lipinski definition) is 2. The minimum absolute atomic E-state index is 0.0680. The molecule has 0 unspecified atom stereocenters. The van der Waals surface area contributed by atoms with Crippen molar-refractivity contribution in [3.8, 4) is 6.01 Å². The second-order valence-corrected chi connectivity index (χ2v) is 4.98. The number of nitrogens with one attached hydrogen (secondary N) is 2. The number of benzene rings is 1. The summed E-state index contributed by atoms with van der Waals surface area (Å²) in [4.78, 5) is 8.05. The van der Waals surface area contributed by atoms with E-state index in [1.54, 1.807) is 13.2 Å². The van der Waals surface area contributed by atoms with Crippen LogP contribution in [0.2, 0.25) is 0 Å². The summed E-state index contributed by atoms with van der Waals surface area (Å²) in [5.74, 6) is -1.34. The van der Waals surface area contributed by atoms with Gasteiger partial charge in [0.05, 0.1) is 18.0 Å². The number of rotatable bonds is 8. The highest BCUT2D eigenvalue weighted by atomic mass is 19.1. The summed E-state index contributed by atoms with van der Waals surface area (Å²) in [6, 6.07) is 4.20. The third-order valence-electron chi connectivity index (χ3n) is 3.19. The molecule has 1 heterocycles. The molecule has 0 amide bonds. The maximum Gasteiger partial charge on any atom is 0.317 e. The molecular formula is C16H17F2N5O2. The number of methoxy groups -OCH3 is 1. The Morgan fingerprint density at radius 3 is 2.88 bits per heavy atom. The lowest BCUT2D eigenvalue weighted by Crippen LogP contribution is -2.06. The van der Waals surface area contributed by atoms with E-state index in [0.717, 1.165) is 6.07 Å². The highest BCUT2D eigenvalue weighted by Gasteiger charge is 2.09. The molecule has 0 spiro atoms. The molecule has 0 saturated carbocycles. The molecular weight excluding hydrogens is 332 g/mol. The van der Waals surface area contributed by atoms with E-state index < -0.39 is 11.6 Å².